The fourth-order valence-corrected chi connectivity index (χ4v) is 2.49. The van der Waals surface area contributed by atoms with Crippen molar-refractivity contribution in [2.45, 2.75) is 25.7 Å². The van der Waals surface area contributed by atoms with Crippen molar-refractivity contribution in [1.29, 1.82) is 0 Å². The van der Waals surface area contributed by atoms with E-state index in [0.717, 1.165) is 25.9 Å². The van der Waals surface area contributed by atoms with Crippen LogP contribution in [0.3, 0.4) is 0 Å². The molecule has 1 aromatic carbocycles. The Morgan fingerprint density at radius 3 is 2.88 bits per heavy atom. The molecule has 1 aliphatic carbocycles. The second kappa shape index (κ2) is 5.54. The number of amides is 1. The molecule has 0 spiro atoms. The fraction of sp³-hybridized carbons (Fsp3) is 0.500. The second-order valence-electron chi connectivity index (χ2n) is 4.42. The molecule has 0 heterocycles. The van der Waals surface area contributed by atoms with Crippen molar-refractivity contribution in [3.05, 3.63) is 35.4 Å². The number of halogens is 1. The van der Waals surface area contributed by atoms with Crippen LogP contribution in [0.2, 0.25) is 0 Å². The van der Waals surface area contributed by atoms with Gasteiger partial charge >= 0.3 is 0 Å². The third-order valence-corrected chi connectivity index (χ3v) is 3.67. The Bertz CT molecular complexity index is 405. The van der Waals surface area contributed by atoms with Crippen molar-refractivity contribution in [2.24, 2.45) is 0 Å². The first-order chi connectivity index (χ1) is 8.27. The van der Waals surface area contributed by atoms with Crippen LogP contribution < -0.4 is 0 Å². The number of carbonyl (C=O) groups excluding carboxylic acids is 1. The summed E-state index contributed by atoms with van der Waals surface area (Å²) in [6.45, 7) is 3.57. The van der Waals surface area contributed by atoms with Crippen molar-refractivity contribution in [3.63, 3.8) is 0 Å². The van der Waals surface area contributed by atoms with E-state index < -0.39 is 0 Å². The molecule has 2 nitrogen and oxygen atoms in total. The van der Waals surface area contributed by atoms with Crippen molar-refractivity contribution in [2.75, 3.05) is 19.0 Å². The van der Waals surface area contributed by atoms with Gasteiger partial charge in [-0.3, -0.25) is 4.79 Å². The van der Waals surface area contributed by atoms with Crippen molar-refractivity contribution < 1.29 is 4.79 Å². The Morgan fingerprint density at radius 1 is 1.47 bits per heavy atom. The van der Waals surface area contributed by atoms with Gasteiger partial charge in [-0.25, -0.2) is 0 Å². The number of fused-ring (bicyclic) bond motifs is 1. The molecule has 1 aliphatic rings. The standard InChI is InChI=1S/C14H18ClNO/c1-2-16(9-5-8-15)14(17)13-10-11-6-3-4-7-12(11)13/h3-4,6-7,13H,2,5,8-10H2,1H3. The summed E-state index contributed by atoms with van der Waals surface area (Å²) in [7, 11) is 0. The van der Waals surface area contributed by atoms with Crippen LogP contribution in [0.4, 0.5) is 0 Å². The predicted octanol–water partition coefficient (Wildman–Crippen LogP) is 2.80. The summed E-state index contributed by atoms with van der Waals surface area (Å²) < 4.78 is 0. The summed E-state index contributed by atoms with van der Waals surface area (Å²) in [6, 6.07) is 8.21. The molecule has 0 bridgehead atoms. The number of likely N-dealkylation sites (N-methyl/N-ethyl adjacent to an activating group) is 1. The van der Waals surface area contributed by atoms with Crippen LogP contribution in [0, 0.1) is 0 Å². The van der Waals surface area contributed by atoms with E-state index in [4.69, 9.17) is 11.6 Å². The summed E-state index contributed by atoms with van der Waals surface area (Å²) in [4.78, 5) is 14.2. The van der Waals surface area contributed by atoms with Gasteiger partial charge in [-0.1, -0.05) is 24.3 Å². The first-order valence-corrected chi connectivity index (χ1v) is 6.74. The highest BCUT2D eigenvalue weighted by atomic mass is 35.5. The van der Waals surface area contributed by atoms with E-state index in [1.807, 2.05) is 24.0 Å². The fourth-order valence-electron chi connectivity index (χ4n) is 2.37. The highest BCUT2D eigenvalue weighted by molar-refractivity contribution is 6.17. The molecule has 0 aromatic heterocycles. The third-order valence-electron chi connectivity index (χ3n) is 3.41. The molecule has 1 atom stereocenters. The Morgan fingerprint density at radius 2 is 2.24 bits per heavy atom. The minimum atomic E-state index is 0.0847. The number of hydrogen-bond donors (Lipinski definition) is 0. The van der Waals surface area contributed by atoms with Gasteiger partial charge < -0.3 is 4.90 Å². The molecule has 1 unspecified atom stereocenters. The lowest BCUT2D eigenvalue weighted by molar-refractivity contribution is -0.133. The van der Waals surface area contributed by atoms with Gasteiger partial charge in [-0.2, -0.15) is 0 Å². The summed E-state index contributed by atoms with van der Waals surface area (Å²) in [6.07, 6.45) is 1.77. The van der Waals surface area contributed by atoms with Crippen LogP contribution in [0.1, 0.15) is 30.4 Å². The van der Waals surface area contributed by atoms with Gasteiger partial charge in [-0.05, 0) is 30.9 Å². The maximum atomic E-state index is 12.3. The highest BCUT2D eigenvalue weighted by Gasteiger charge is 2.33. The molecule has 3 heteroatoms. The van der Waals surface area contributed by atoms with E-state index in [1.165, 1.54) is 11.1 Å². The molecule has 0 fully saturated rings. The molecule has 92 valence electrons. The topological polar surface area (TPSA) is 20.3 Å². The molecular weight excluding hydrogens is 234 g/mol. The van der Waals surface area contributed by atoms with Gasteiger partial charge in [-0.15, -0.1) is 11.6 Å². The van der Waals surface area contributed by atoms with Crippen LogP contribution in [0.25, 0.3) is 0 Å². The average molecular weight is 252 g/mol. The number of hydrogen-bond acceptors (Lipinski definition) is 1. The molecule has 0 aliphatic heterocycles. The first kappa shape index (κ1) is 12.4. The maximum Gasteiger partial charge on any atom is 0.230 e. The number of rotatable bonds is 5. The summed E-state index contributed by atoms with van der Waals surface area (Å²) in [5, 5.41) is 0. The number of carbonyl (C=O) groups is 1. The Kier molecular flexibility index (Phi) is 4.06. The zero-order valence-corrected chi connectivity index (χ0v) is 10.9. The zero-order valence-electron chi connectivity index (χ0n) is 10.2. The molecular formula is C14H18ClNO. The van der Waals surface area contributed by atoms with E-state index >= 15 is 0 Å². The van der Waals surface area contributed by atoms with Crippen LogP contribution in [0.5, 0.6) is 0 Å². The van der Waals surface area contributed by atoms with E-state index in [1.54, 1.807) is 0 Å². The Hall–Kier alpha value is -1.02. The minimum Gasteiger partial charge on any atom is -0.342 e. The Labute approximate surface area is 108 Å². The largest absolute Gasteiger partial charge is 0.342 e. The minimum absolute atomic E-state index is 0.0847. The lowest BCUT2D eigenvalue weighted by Gasteiger charge is -2.33. The van der Waals surface area contributed by atoms with E-state index in [0.29, 0.717) is 5.88 Å². The molecule has 2 rings (SSSR count). The van der Waals surface area contributed by atoms with Crippen molar-refractivity contribution >= 4 is 17.5 Å². The quantitative estimate of drug-likeness (QED) is 0.737. The van der Waals surface area contributed by atoms with Gasteiger partial charge in [0.05, 0.1) is 5.92 Å². The number of benzene rings is 1. The number of nitrogens with zero attached hydrogens (tertiary/aromatic N) is 1. The van der Waals surface area contributed by atoms with E-state index in [9.17, 15) is 4.79 Å². The average Bonchev–Trinajstić information content (AvgIpc) is 2.32. The molecule has 0 saturated carbocycles. The summed E-state index contributed by atoms with van der Waals surface area (Å²) >= 11 is 5.68. The highest BCUT2D eigenvalue weighted by Crippen LogP contribution is 2.36. The van der Waals surface area contributed by atoms with E-state index in [2.05, 4.69) is 12.1 Å². The van der Waals surface area contributed by atoms with Crippen LogP contribution in [-0.4, -0.2) is 29.8 Å². The smallest absolute Gasteiger partial charge is 0.230 e. The molecule has 1 aromatic rings. The lowest BCUT2D eigenvalue weighted by Crippen LogP contribution is -2.39. The maximum absolute atomic E-state index is 12.3. The molecule has 0 N–H and O–H groups in total. The summed E-state index contributed by atoms with van der Waals surface area (Å²) in [5.41, 5.74) is 2.53. The van der Waals surface area contributed by atoms with Gasteiger partial charge in [0, 0.05) is 19.0 Å². The zero-order chi connectivity index (χ0) is 12.3. The second-order valence-corrected chi connectivity index (χ2v) is 4.79. The van der Waals surface area contributed by atoms with E-state index in [-0.39, 0.29) is 11.8 Å². The van der Waals surface area contributed by atoms with Crippen LogP contribution >= 0.6 is 11.6 Å². The summed E-state index contributed by atoms with van der Waals surface area (Å²) in [5.74, 6) is 0.961. The van der Waals surface area contributed by atoms with Gasteiger partial charge in [0.2, 0.25) is 5.91 Å². The predicted molar refractivity (Wildman–Crippen MR) is 70.5 cm³/mol. The lowest BCUT2D eigenvalue weighted by atomic mass is 9.77. The third kappa shape index (κ3) is 2.47. The van der Waals surface area contributed by atoms with Crippen LogP contribution in [0.15, 0.2) is 24.3 Å². The number of alkyl halides is 1. The van der Waals surface area contributed by atoms with Crippen molar-refractivity contribution in [1.82, 2.24) is 4.90 Å². The van der Waals surface area contributed by atoms with Crippen molar-refractivity contribution in [3.8, 4) is 0 Å². The van der Waals surface area contributed by atoms with Gasteiger partial charge in [0.25, 0.3) is 0 Å². The normalized spacial score (nSPS) is 17.2. The van der Waals surface area contributed by atoms with Gasteiger partial charge in [0.15, 0.2) is 0 Å². The van der Waals surface area contributed by atoms with Crippen LogP contribution in [-0.2, 0) is 11.2 Å². The monoisotopic (exact) mass is 251 g/mol. The molecule has 0 saturated heterocycles. The van der Waals surface area contributed by atoms with Gasteiger partial charge in [0.1, 0.15) is 0 Å². The first-order valence-electron chi connectivity index (χ1n) is 6.20. The Balaban J connectivity index is 2.02. The molecule has 0 radical (unpaired) electrons. The molecule has 17 heavy (non-hydrogen) atoms. The SMILES string of the molecule is CCN(CCCCl)C(=O)C1Cc2ccccc21. The molecule has 1 amide bonds.